The first-order valence-electron chi connectivity index (χ1n) is 6.17. The fourth-order valence-electron chi connectivity index (χ4n) is 1.68. The van der Waals surface area contributed by atoms with Crippen LogP contribution in [0.5, 0.6) is 0 Å². The Morgan fingerprint density at radius 1 is 1.07 bits per heavy atom. The summed E-state index contributed by atoms with van der Waals surface area (Å²) in [7, 11) is 0. The molecule has 0 bridgehead atoms. The summed E-state index contributed by atoms with van der Waals surface area (Å²) in [6.45, 7) is 5.96. The number of nitrogens with two attached hydrogens (primary N) is 1. The van der Waals surface area contributed by atoms with Crippen molar-refractivity contribution in [2.24, 2.45) is 5.73 Å². The Labute approximate surface area is 89.8 Å². The lowest BCUT2D eigenvalue weighted by molar-refractivity contribution is 0.505. The van der Waals surface area contributed by atoms with Crippen molar-refractivity contribution >= 4 is 0 Å². The predicted octanol–water partition coefficient (Wildman–Crippen LogP) is 4.03. The zero-order chi connectivity index (χ0) is 10.6. The van der Waals surface area contributed by atoms with Gasteiger partial charge >= 0.3 is 0 Å². The van der Waals surface area contributed by atoms with Gasteiger partial charge in [0.1, 0.15) is 0 Å². The van der Waals surface area contributed by atoms with E-state index < -0.39 is 0 Å². The lowest BCUT2D eigenvalue weighted by Gasteiger charge is -2.10. The molecule has 0 saturated heterocycles. The molecule has 1 nitrogen and oxygen atoms in total. The van der Waals surface area contributed by atoms with Crippen LogP contribution in [-0.4, -0.2) is 6.04 Å². The zero-order valence-corrected chi connectivity index (χ0v) is 9.80. The van der Waals surface area contributed by atoms with Gasteiger partial charge in [0.2, 0.25) is 0 Å². The van der Waals surface area contributed by atoms with E-state index in [2.05, 4.69) is 13.5 Å². The Balaban J connectivity index is 3.09. The van der Waals surface area contributed by atoms with E-state index in [9.17, 15) is 0 Å². The van der Waals surface area contributed by atoms with Gasteiger partial charge in [-0.15, -0.1) is 6.58 Å². The molecule has 0 aromatic heterocycles. The van der Waals surface area contributed by atoms with Gasteiger partial charge in [-0.2, -0.15) is 0 Å². The second-order valence-corrected chi connectivity index (χ2v) is 4.18. The summed E-state index contributed by atoms with van der Waals surface area (Å²) in [6.07, 6.45) is 13.4. The highest BCUT2D eigenvalue weighted by Crippen LogP contribution is 2.09. The molecule has 0 aromatic rings. The van der Waals surface area contributed by atoms with Crippen molar-refractivity contribution in [3.05, 3.63) is 12.7 Å². The summed E-state index contributed by atoms with van der Waals surface area (Å²) >= 11 is 0. The van der Waals surface area contributed by atoms with Crippen LogP contribution in [0.15, 0.2) is 12.7 Å². The third-order valence-electron chi connectivity index (χ3n) is 2.66. The van der Waals surface area contributed by atoms with Gasteiger partial charge in [-0.25, -0.2) is 0 Å². The van der Waals surface area contributed by atoms with E-state index in [0.717, 1.165) is 6.42 Å². The highest BCUT2D eigenvalue weighted by Gasteiger charge is 2.00. The summed E-state index contributed by atoms with van der Waals surface area (Å²) in [5, 5.41) is 0. The molecule has 0 saturated carbocycles. The molecule has 0 heterocycles. The van der Waals surface area contributed by atoms with Crippen LogP contribution in [0, 0.1) is 0 Å². The molecule has 1 unspecified atom stereocenters. The monoisotopic (exact) mass is 197 g/mol. The zero-order valence-electron chi connectivity index (χ0n) is 9.80. The highest BCUT2D eigenvalue weighted by molar-refractivity contribution is 4.69. The molecule has 0 rings (SSSR count). The summed E-state index contributed by atoms with van der Waals surface area (Å²) in [5.74, 6) is 0. The van der Waals surface area contributed by atoms with E-state index in [0.29, 0.717) is 6.04 Å². The Morgan fingerprint density at radius 2 is 1.71 bits per heavy atom. The first kappa shape index (κ1) is 13.7. The van der Waals surface area contributed by atoms with Gasteiger partial charge in [0.15, 0.2) is 0 Å². The molecule has 0 spiro atoms. The smallest absolute Gasteiger partial charge is 0.00389 e. The highest BCUT2D eigenvalue weighted by atomic mass is 14.6. The van der Waals surface area contributed by atoms with Gasteiger partial charge in [-0.05, 0) is 25.7 Å². The maximum Gasteiger partial charge on any atom is 0.00389 e. The quantitative estimate of drug-likeness (QED) is 0.415. The van der Waals surface area contributed by atoms with E-state index in [1.165, 1.54) is 51.4 Å². The van der Waals surface area contributed by atoms with Crippen molar-refractivity contribution in [3.63, 3.8) is 0 Å². The summed E-state index contributed by atoms with van der Waals surface area (Å²) in [5.41, 5.74) is 5.99. The van der Waals surface area contributed by atoms with Crippen LogP contribution >= 0.6 is 0 Å². The van der Waals surface area contributed by atoms with E-state index in [1.807, 2.05) is 6.08 Å². The van der Waals surface area contributed by atoms with E-state index >= 15 is 0 Å². The molecule has 0 amide bonds. The second kappa shape index (κ2) is 10.8. The summed E-state index contributed by atoms with van der Waals surface area (Å²) < 4.78 is 0. The number of allylic oxidation sites excluding steroid dienone is 1. The minimum Gasteiger partial charge on any atom is -0.328 e. The first-order chi connectivity index (χ1) is 6.81. The average Bonchev–Trinajstić information content (AvgIpc) is 2.18. The maximum atomic E-state index is 5.99. The average molecular weight is 197 g/mol. The van der Waals surface area contributed by atoms with Crippen LogP contribution in [0.4, 0.5) is 0 Å². The van der Waals surface area contributed by atoms with E-state index in [1.54, 1.807) is 0 Å². The largest absolute Gasteiger partial charge is 0.328 e. The van der Waals surface area contributed by atoms with Crippen LogP contribution in [-0.2, 0) is 0 Å². The molecule has 14 heavy (non-hydrogen) atoms. The SMILES string of the molecule is C=CCCCC(N)CCCCCCC. The van der Waals surface area contributed by atoms with Crippen molar-refractivity contribution < 1.29 is 0 Å². The van der Waals surface area contributed by atoms with Crippen molar-refractivity contribution in [2.45, 2.75) is 70.8 Å². The second-order valence-electron chi connectivity index (χ2n) is 4.18. The lowest BCUT2D eigenvalue weighted by Crippen LogP contribution is -2.19. The van der Waals surface area contributed by atoms with Crippen LogP contribution in [0.25, 0.3) is 0 Å². The molecule has 0 aliphatic heterocycles. The number of hydrogen-bond donors (Lipinski definition) is 1. The molecular weight excluding hydrogens is 170 g/mol. The predicted molar refractivity (Wildman–Crippen MR) is 65.4 cm³/mol. The Morgan fingerprint density at radius 3 is 2.36 bits per heavy atom. The van der Waals surface area contributed by atoms with E-state index in [-0.39, 0.29) is 0 Å². The van der Waals surface area contributed by atoms with Gasteiger partial charge in [-0.3, -0.25) is 0 Å². The summed E-state index contributed by atoms with van der Waals surface area (Å²) in [4.78, 5) is 0. The molecule has 2 N–H and O–H groups in total. The topological polar surface area (TPSA) is 26.0 Å². The third-order valence-corrected chi connectivity index (χ3v) is 2.66. The van der Waals surface area contributed by atoms with Gasteiger partial charge in [0.05, 0.1) is 0 Å². The molecule has 0 radical (unpaired) electrons. The van der Waals surface area contributed by atoms with Crippen molar-refractivity contribution in [3.8, 4) is 0 Å². The molecule has 1 atom stereocenters. The van der Waals surface area contributed by atoms with Crippen molar-refractivity contribution in [2.75, 3.05) is 0 Å². The minimum absolute atomic E-state index is 0.427. The van der Waals surface area contributed by atoms with Crippen molar-refractivity contribution in [1.29, 1.82) is 0 Å². The molecular formula is C13H27N. The molecule has 1 heteroatoms. The van der Waals surface area contributed by atoms with Crippen LogP contribution in [0.2, 0.25) is 0 Å². The summed E-state index contributed by atoms with van der Waals surface area (Å²) in [6, 6.07) is 0.427. The molecule has 0 aromatic carbocycles. The normalized spacial score (nSPS) is 12.7. The van der Waals surface area contributed by atoms with Gasteiger partial charge in [0, 0.05) is 6.04 Å². The fraction of sp³-hybridized carbons (Fsp3) is 0.846. The minimum atomic E-state index is 0.427. The van der Waals surface area contributed by atoms with Gasteiger partial charge < -0.3 is 5.73 Å². The Bertz CT molecular complexity index is 120. The molecule has 0 fully saturated rings. The van der Waals surface area contributed by atoms with Crippen LogP contribution < -0.4 is 5.73 Å². The lowest BCUT2D eigenvalue weighted by atomic mass is 10.0. The van der Waals surface area contributed by atoms with Crippen molar-refractivity contribution in [1.82, 2.24) is 0 Å². The van der Waals surface area contributed by atoms with Crippen LogP contribution in [0.3, 0.4) is 0 Å². The fourth-order valence-corrected chi connectivity index (χ4v) is 1.68. The molecule has 0 aliphatic carbocycles. The Kier molecular flexibility index (Phi) is 10.5. The van der Waals surface area contributed by atoms with Gasteiger partial charge in [0.25, 0.3) is 0 Å². The molecule has 0 aliphatic rings. The van der Waals surface area contributed by atoms with Gasteiger partial charge in [-0.1, -0.05) is 45.1 Å². The third kappa shape index (κ3) is 9.79. The standard InChI is InChI=1S/C13H27N/c1-3-5-7-8-10-12-13(14)11-9-6-4-2/h4,13H,2-3,5-12,14H2,1H3. The number of unbranched alkanes of at least 4 members (excludes halogenated alkanes) is 5. The van der Waals surface area contributed by atoms with Crippen LogP contribution in [0.1, 0.15) is 64.7 Å². The van der Waals surface area contributed by atoms with E-state index in [4.69, 9.17) is 5.73 Å². The Hall–Kier alpha value is -0.300. The first-order valence-corrected chi connectivity index (χ1v) is 6.17. The number of rotatable bonds is 10. The number of hydrogen-bond acceptors (Lipinski definition) is 1. The maximum absolute atomic E-state index is 5.99. The molecule has 84 valence electrons.